The van der Waals surface area contributed by atoms with E-state index in [1.807, 2.05) is 13.0 Å². The molecular formula is C8H11Cl. The minimum atomic E-state index is -0.204. The van der Waals surface area contributed by atoms with Crippen LogP contribution in [0.15, 0.2) is 23.3 Å². The number of rotatable bonds is 0. The molecule has 0 radical (unpaired) electrons. The summed E-state index contributed by atoms with van der Waals surface area (Å²) in [5, 5.41) is 0. The second kappa shape index (κ2) is 1.88. The Hall–Kier alpha value is -0.230. The first-order chi connectivity index (χ1) is 4.04. The first-order valence-corrected chi connectivity index (χ1v) is 3.48. The van der Waals surface area contributed by atoms with Gasteiger partial charge in [0, 0.05) is 0 Å². The standard InChI is InChI=1S/C8H11Cl/c1-6-4-5-8(3,9)7(6)2/h4-5H,1-3H3. The van der Waals surface area contributed by atoms with Crippen molar-refractivity contribution in [3.05, 3.63) is 23.3 Å². The van der Waals surface area contributed by atoms with Crippen LogP contribution >= 0.6 is 11.6 Å². The topological polar surface area (TPSA) is 0 Å². The fraction of sp³-hybridized carbons (Fsp3) is 0.500. The highest BCUT2D eigenvalue weighted by molar-refractivity contribution is 6.27. The van der Waals surface area contributed by atoms with Crippen LogP contribution in [0.4, 0.5) is 0 Å². The Labute approximate surface area is 61.2 Å². The Morgan fingerprint density at radius 3 is 2.11 bits per heavy atom. The molecule has 0 aliphatic heterocycles. The van der Waals surface area contributed by atoms with Gasteiger partial charge in [-0.25, -0.2) is 0 Å². The second-order valence-corrected chi connectivity index (χ2v) is 3.50. The van der Waals surface area contributed by atoms with E-state index in [4.69, 9.17) is 11.6 Å². The lowest BCUT2D eigenvalue weighted by molar-refractivity contribution is 0.922. The van der Waals surface area contributed by atoms with Gasteiger partial charge in [0.15, 0.2) is 0 Å². The van der Waals surface area contributed by atoms with Gasteiger partial charge >= 0.3 is 0 Å². The largest absolute Gasteiger partial charge is 0.110 e. The van der Waals surface area contributed by atoms with E-state index < -0.39 is 0 Å². The smallest absolute Gasteiger partial charge is 0.0813 e. The Balaban J connectivity index is 3.01. The normalized spacial score (nSPS) is 34.2. The summed E-state index contributed by atoms with van der Waals surface area (Å²) in [7, 11) is 0. The van der Waals surface area contributed by atoms with Crippen LogP contribution in [0.3, 0.4) is 0 Å². The van der Waals surface area contributed by atoms with Crippen LogP contribution in [0.25, 0.3) is 0 Å². The van der Waals surface area contributed by atoms with E-state index in [1.54, 1.807) is 0 Å². The molecule has 0 amide bonds. The monoisotopic (exact) mass is 142 g/mol. The molecule has 9 heavy (non-hydrogen) atoms. The quantitative estimate of drug-likeness (QED) is 0.457. The van der Waals surface area contributed by atoms with Crippen LogP contribution in [-0.2, 0) is 0 Å². The predicted octanol–water partition coefficient (Wildman–Crippen LogP) is 2.89. The van der Waals surface area contributed by atoms with Crippen molar-refractivity contribution >= 4 is 11.6 Å². The molecule has 0 saturated heterocycles. The summed E-state index contributed by atoms with van der Waals surface area (Å²) in [6.07, 6.45) is 4.10. The van der Waals surface area contributed by atoms with E-state index in [2.05, 4.69) is 19.9 Å². The summed E-state index contributed by atoms with van der Waals surface area (Å²) in [6.45, 7) is 6.17. The van der Waals surface area contributed by atoms with Gasteiger partial charge in [0.25, 0.3) is 0 Å². The molecule has 1 aliphatic rings. The molecule has 1 atom stereocenters. The lowest BCUT2D eigenvalue weighted by atomic mass is 10.0. The summed E-state index contributed by atoms with van der Waals surface area (Å²) in [5.74, 6) is 0. The fourth-order valence-electron chi connectivity index (χ4n) is 0.917. The van der Waals surface area contributed by atoms with Crippen LogP contribution in [-0.4, -0.2) is 4.87 Å². The van der Waals surface area contributed by atoms with Crippen LogP contribution in [0.1, 0.15) is 20.8 Å². The third kappa shape index (κ3) is 1.04. The van der Waals surface area contributed by atoms with Crippen molar-refractivity contribution in [1.29, 1.82) is 0 Å². The molecule has 0 aromatic rings. The van der Waals surface area contributed by atoms with Crippen molar-refractivity contribution in [2.75, 3.05) is 0 Å². The Morgan fingerprint density at radius 2 is 2.00 bits per heavy atom. The minimum absolute atomic E-state index is 0.204. The van der Waals surface area contributed by atoms with Gasteiger partial charge in [-0.2, -0.15) is 0 Å². The summed E-state index contributed by atoms with van der Waals surface area (Å²) in [6, 6.07) is 0. The molecule has 1 heteroatoms. The molecule has 1 aliphatic carbocycles. The van der Waals surface area contributed by atoms with Gasteiger partial charge in [0.05, 0.1) is 4.87 Å². The first kappa shape index (κ1) is 6.88. The van der Waals surface area contributed by atoms with Crippen molar-refractivity contribution in [3.8, 4) is 0 Å². The Bertz CT molecular complexity index is 185. The fourth-order valence-corrected chi connectivity index (χ4v) is 1.13. The van der Waals surface area contributed by atoms with Crippen molar-refractivity contribution < 1.29 is 0 Å². The van der Waals surface area contributed by atoms with Crippen LogP contribution in [0.5, 0.6) is 0 Å². The van der Waals surface area contributed by atoms with Gasteiger partial charge in [-0.3, -0.25) is 0 Å². The average Bonchev–Trinajstić information content (AvgIpc) is 1.97. The van der Waals surface area contributed by atoms with Gasteiger partial charge in [-0.15, -0.1) is 11.6 Å². The Morgan fingerprint density at radius 1 is 1.44 bits per heavy atom. The van der Waals surface area contributed by atoms with E-state index in [0.717, 1.165) is 0 Å². The molecule has 0 spiro atoms. The zero-order chi connectivity index (χ0) is 7.07. The highest BCUT2D eigenvalue weighted by Crippen LogP contribution is 2.33. The molecule has 1 unspecified atom stereocenters. The lowest BCUT2D eigenvalue weighted by Crippen LogP contribution is -2.10. The molecule has 0 N–H and O–H groups in total. The molecule has 0 nitrogen and oxygen atoms in total. The number of allylic oxidation sites excluding steroid dienone is 4. The van der Waals surface area contributed by atoms with Crippen molar-refractivity contribution in [1.82, 2.24) is 0 Å². The van der Waals surface area contributed by atoms with Gasteiger partial charge in [0.2, 0.25) is 0 Å². The van der Waals surface area contributed by atoms with E-state index in [-0.39, 0.29) is 4.87 Å². The van der Waals surface area contributed by atoms with E-state index >= 15 is 0 Å². The molecule has 0 heterocycles. The zero-order valence-electron chi connectivity index (χ0n) is 6.03. The predicted molar refractivity (Wildman–Crippen MR) is 41.8 cm³/mol. The highest BCUT2D eigenvalue weighted by Gasteiger charge is 2.24. The third-order valence-electron chi connectivity index (χ3n) is 1.97. The summed E-state index contributed by atoms with van der Waals surface area (Å²) in [5.41, 5.74) is 2.57. The highest BCUT2D eigenvalue weighted by atomic mass is 35.5. The van der Waals surface area contributed by atoms with E-state index in [9.17, 15) is 0 Å². The average molecular weight is 143 g/mol. The van der Waals surface area contributed by atoms with Crippen molar-refractivity contribution in [2.45, 2.75) is 25.6 Å². The van der Waals surface area contributed by atoms with Crippen LogP contribution in [0.2, 0.25) is 0 Å². The molecular weight excluding hydrogens is 132 g/mol. The third-order valence-corrected chi connectivity index (χ3v) is 2.38. The lowest BCUT2D eigenvalue weighted by Gasteiger charge is -2.14. The number of hydrogen-bond acceptors (Lipinski definition) is 0. The molecule has 50 valence electrons. The molecule has 0 aromatic carbocycles. The summed E-state index contributed by atoms with van der Waals surface area (Å²) in [4.78, 5) is -0.204. The molecule has 0 saturated carbocycles. The van der Waals surface area contributed by atoms with E-state index in [1.165, 1.54) is 11.1 Å². The Kier molecular flexibility index (Phi) is 1.44. The number of hydrogen-bond donors (Lipinski definition) is 0. The zero-order valence-corrected chi connectivity index (χ0v) is 6.79. The van der Waals surface area contributed by atoms with Gasteiger partial charge < -0.3 is 0 Å². The van der Waals surface area contributed by atoms with Gasteiger partial charge in [0.1, 0.15) is 0 Å². The van der Waals surface area contributed by atoms with E-state index in [0.29, 0.717) is 0 Å². The number of halogens is 1. The molecule has 0 aromatic heterocycles. The summed E-state index contributed by atoms with van der Waals surface area (Å²) < 4.78 is 0. The molecule has 1 rings (SSSR count). The molecule has 0 fully saturated rings. The van der Waals surface area contributed by atoms with Gasteiger partial charge in [-0.05, 0) is 26.3 Å². The van der Waals surface area contributed by atoms with Crippen LogP contribution in [0, 0.1) is 0 Å². The number of alkyl halides is 1. The molecule has 0 bridgehead atoms. The first-order valence-electron chi connectivity index (χ1n) is 3.10. The maximum absolute atomic E-state index is 6.07. The second-order valence-electron chi connectivity index (χ2n) is 2.72. The van der Waals surface area contributed by atoms with Crippen molar-refractivity contribution in [3.63, 3.8) is 0 Å². The SMILES string of the molecule is CC1=C(C)C(C)(Cl)C=C1. The minimum Gasteiger partial charge on any atom is -0.110 e. The summed E-state index contributed by atoms with van der Waals surface area (Å²) >= 11 is 6.07. The van der Waals surface area contributed by atoms with Crippen LogP contribution < -0.4 is 0 Å². The maximum Gasteiger partial charge on any atom is 0.0813 e. The maximum atomic E-state index is 6.07. The van der Waals surface area contributed by atoms with Crippen molar-refractivity contribution in [2.24, 2.45) is 0 Å². The van der Waals surface area contributed by atoms with Gasteiger partial charge in [-0.1, -0.05) is 17.7 Å².